The van der Waals surface area contributed by atoms with Crippen LogP contribution in [0.1, 0.15) is 36.7 Å². The van der Waals surface area contributed by atoms with Gasteiger partial charge in [-0.3, -0.25) is 9.59 Å². The Labute approximate surface area is 160 Å². The molecule has 2 N–H and O–H groups in total. The topological polar surface area (TPSA) is 95.4 Å². The van der Waals surface area contributed by atoms with Gasteiger partial charge in [-0.05, 0) is 56.5 Å². The molecule has 1 fully saturated rings. The number of carbonyl (C=O) groups is 1. The van der Waals surface area contributed by atoms with Gasteiger partial charge in [0.15, 0.2) is 11.2 Å². The van der Waals surface area contributed by atoms with Crippen molar-refractivity contribution in [3.8, 4) is 0 Å². The molecule has 1 aromatic carbocycles. The van der Waals surface area contributed by atoms with E-state index in [4.69, 9.17) is 0 Å². The van der Waals surface area contributed by atoms with Crippen molar-refractivity contribution in [3.63, 3.8) is 0 Å². The lowest BCUT2D eigenvalue weighted by Crippen LogP contribution is -2.36. The van der Waals surface area contributed by atoms with Gasteiger partial charge in [-0.1, -0.05) is 12.1 Å². The normalized spacial score (nSPS) is 18.0. The van der Waals surface area contributed by atoms with Gasteiger partial charge in [0.25, 0.3) is 11.5 Å². The van der Waals surface area contributed by atoms with E-state index in [1.54, 1.807) is 0 Å². The average molecular weight is 386 g/mol. The standard InChI is InChI=1S/C19H23FN6O2/c1-12-4-2-8-25(11-12)9-3-7-21-18(27)16-17-19(28)22-14-10-13(20)5-6-15(14)26(17)24-23-16/h5-6,10,12H,2-4,7-9,11H2,1H3,(H,21,27)(H,22,28)/t12-/m0/s1. The second-order valence-corrected chi connectivity index (χ2v) is 7.47. The molecule has 0 spiro atoms. The SMILES string of the molecule is C[C@H]1CCCN(CCCNC(=O)c2nnn3c2c(=O)[nH]c2cc(F)ccc23)C1. The molecule has 0 aliphatic carbocycles. The number of halogens is 1. The number of fused-ring (bicyclic) bond motifs is 3. The highest BCUT2D eigenvalue weighted by atomic mass is 19.1. The number of nitrogens with zero attached hydrogens (tertiary/aromatic N) is 4. The second kappa shape index (κ2) is 7.67. The molecule has 0 unspecified atom stereocenters. The Hall–Kier alpha value is -2.81. The minimum absolute atomic E-state index is 0.0286. The Morgan fingerprint density at radius 1 is 1.43 bits per heavy atom. The van der Waals surface area contributed by atoms with E-state index in [0.717, 1.165) is 32.0 Å². The van der Waals surface area contributed by atoms with Crippen LogP contribution < -0.4 is 10.9 Å². The second-order valence-electron chi connectivity index (χ2n) is 7.47. The van der Waals surface area contributed by atoms with Crippen LogP contribution in [0.3, 0.4) is 0 Å². The van der Waals surface area contributed by atoms with Gasteiger partial charge in [-0.15, -0.1) is 5.10 Å². The number of H-pyrrole nitrogens is 1. The Morgan fingerprint density at radius 3 is 3.11 bits per heavy atom. The fourth-order valence-electron chi connectivity index (χ4n) is 3.86. The van der Waals surface area contributed by atoms with Gasteiger partial charge in [0.1, 0.15) is 5.82 Å². The molecular weight excluding hydrogens is 363 g/mol. The summed E-state index contributed by atoms with van der Waals surface area (Å²) in [7, 11) is 0. The molecule has 0 bridgehead atoms. The van der Waals surface area contributed by atoms with Gasteiger partial charge in [-0.2, -0.15) is 0 Å². The molecule has 1 aliphatic heterocycles. The number of rotatable bonds is 5. The zero-order valence-electron chi connectivity index (χ0n) is 15.7. The molecule has 1 saturated heterocycles. The molecule has 28 heavy (non-hydrogen) atoms. The number of aromatic amines is 1. The fraction of sp³-hybridized carbons (Fsp3) is 0.474. The van der Waals surface area contributed by atoms with Crippen molar-refractivity contribution >= 4 is 22.5 Å². The van der Waals surface area contributed by atoms with Crippen LogP contribution in [0, 0.1) is 11.7 Å². The monoisotopic (exact) mass is 386 g/mol. The van der Waals surface area contributed by atoms with Gasteiger partial charge in [0, 0.05) is 13.1 Å². The molecule has 1 amide bonds. The van der Waals surface area contributed by atoms with E-state index in [1.165, 1.54) is 35.6 Å². The Kier molecular flexibility index (Phi) is 5.08. The van der Waals surface area contributed by atoms with E-state index in [0.29, 0.717) is 17.6 Å². The van der Waals surface area contributed by atoms with Gasteiger partial charge in [-0.25, -0.2) is 8.91 Å². The first kappa shape index (κ1) is 18.5. The van der Waals surface area contributed by atoms with Crippen LogP contribution >= 0.6 is 0 Å². The number of aromatic nitrogens is 4. The number of hydrogen-bond donors (Lipinski definition) is 2. The minimum atomic E-state index is -0.532. The number of amides is 1. The van der Waals surface area contributed by atoms with Crippen molar-refractivity contribution in [2.75, 3.05) is 26.2 Å². The van der Waals surface area contributed by atoms with Crippen LogP contribution in [-0.4, -0.2) is 56.8 Å². The maximum Gasteiger partial charge on any atom is 0.277 e. The largest absolute Gasteiger partial charge is 0.351 e. The first-order valence-electron chi connectivity index (χ1n) is 9.60. The summed E-state index contributed by atoms with van der Waals surface area (Å²) in [6, 6.07) is 3.96. The van der Waals surface area contributed by atoms with Gasteiger partial charge in [0.05, 0.1) is 11.0 Å². The lowest BCUT2D eigenvalue weighted by molar-refractivity contribution is 0.0946. The van der Waals surface area contributed by atoms with Crippen LogP contribution in [0.5, 0.6) is 0 Å². The Bertz CT molecular complexity index is 1080. The fourth-order valence-corrected chi connectivity index (χ4v) is 3.86. The van der Waals surface area contributed by atoms with Crippen molar-refractivity contribution in [1.82, 2.24) is 30.0 Å². The summed E-state index contributed by atoms with van der Waals surface area (Å²) in [5.41, 5.74) is 0.267. The molecule has 148 valence electrons. The maximum absolute atomic E-state index is 13.4. The van der Waals surface area contributed by atoms with E-state index in [9.17, 15) is 14.0 Å². The third kappa shape index (κ3) is 3.62. The van der Waals surface area contributed by atoms with E-state index in [2.05, 4.69) is 32.4 Å². The van der Waals surface area contributed by atoms with Crippen molar-refractivity contribution in [2.24, 2.45) is 5.92 Å². The number of hydrogen-bond acceptors (Lipinski definition) is 5. The summed E-state index contributed by atoms with van der Waals surface area (Å²) in [5.74, 6) is -0.181. The van der Waals surface area contributed by atoms with Gasteiger partial charge in [0.2, 0.25) is 0 Å². The third-order valence-corrected chi connectivity index (χ3v) is 5.21. The molecule has 1 atom stereocenters. The minimum Gasteiger partial charge on any atom is -0.351 e. The highest BCUT2D eigenvalue weighted by molar-refractivity contribution is 5.99. The van der Waals surface area contributed by atoms with Crippen LogP contribution in [0.2, 0.25) is 0 Å². The summed E-state index contributed by atoms with van der Waals surface area (Å²) in [4.78, 5) is 29.9. The number of likely N-dealkylation sites (tertiary alicyclic amines) is 1. The van der Waals surface area contributed by atoms with Gasteiger partial charge < -0.3 is 15.2 Å². The molecule has 9 heteroatoms. The van der Waals surface area contributed by atoms with E-state index in [1.807, 2.05) is 0 Å². The van der Waals surface area contributed by atoms with Crippen molar-refractivity contribution in [2.45, 2.75) is 26.2 Å². The van der Waals surface area contributed by atoms with E-state index in [-0.39, 0.29) is 11.2 Å². The third-order valence-electron chi connectivity index (χ3n) is 5.21. The molecular formula is C19H23FN6O2. The van der Waals surface area contributed by atoms with E-state index >= 15 is 0 Å². The summed E-state index contributed by atoms with van der Waals surface area (Å²) in [6.45, 7) is 5.91. The van der Waals surface area contributed by atoms with Crippen LogP contribution in [-0.2, 0) is 0 Å². The Morgan fingerprint density at radius 2 is 2.29 bits per heavy atom. The number of piperidine rings is 1. The zero-order valence-corrected chi connectivity index (χ0v) is 15.7. The summed E-state index contributed by atoms with van der Waals surface area (Å²) < 4.78 is 14.7. The summed E-state index contributed by atoms with van der Waals surface area (Å²) in [6.07, 6.45) is 3.33. The predicted molar refractivity (Wildman–Crippen MR) is 103 cm³/mol. The predicted octanol–water partition coefficient (Wildman–Crippen LogP) is 1.56. The van der Waals surface area contributed by atoms with Crippen molar-refractivity contribution in [1.29, 1.82) is 0 Å². The van der Waals surface area contributed by atoms with Crippen LogP contribution in [0.15, 0.2) is 23.0 Å². The number of nitrogens with one attached hydrogen (secondary N) is 2. The molecule has 2 aromatic heterocycles. The molecule has 1 aliphatic rings. The lowest BCUT2D eigenvalue weighted by atomic mass is 10.0. The quantitative estimate of drug-likeness (QED) is 0.649. The zero-order chi connectivity index (χ0) is 19.7. The smallest absolute Gasteiger partial charge is 0.277 e. The molecule has 8 nitrogen and oxygen atoms in total. The van der Waals surface area contributed by atoms with Gasteiger partial charge >= 0.3 is 0 Å². The van der Waals surface area contributed by atoms with Crippen molar-refractivity contribution < 1.29 is 9.18 Å². The molecule has 0 radical (unpaired) electrons. The lowest BCUT2D eigenvalue weighted by Gasteiger charge is -2.30. The average Bonchev–Trinajstić information content (AvgIpc) is 3.11. The summed E-state index contributed by atoms with van der Waals surface area (Å²) >= 11 is 0. The summed E-state index contributed by atoms with van der Waals surface area (Å²) in [5, 5.41) is 10.6. The first-order chi connectivity index (χ1) is 13.5. The van der Waals surface area contributed by atoms with Crippen molar-refractivity contribution in [3.05, 3.63) is 40.1 Å². The van der Waals surface area contributed by atoms with Crippen LogP contribution in [0.25, 0.3) is 16.6 Å². The molecule has 3 aromatic rings. The maximum atomic E-state index is 13.4. The molecule has 0 saturated carbocycles. The molecule has 3 heterocycles. The molecule has 4 rings (SSSR count). The van der Waals surface area contributed by atoms with E-state index < -0.39 is 17.3 Å². The highest BCUT2D eigenvalue weighted by Crippen LogP contribution is 2.16. The Balaban J connectivity index is 1.46. The highest BCUT2D eigenvalue weighted by Gasteiger charge is 2.20. The van der Waals surface area contributed by atoms with Crippen LogP contribution in [0.4, 0.5) is 4.39 Å². The first-order valence-corrected chi connectivity index (χ1v) is 9.60. The number of benzene rings is 1. The number of carbonyl (C=O) groups excluding carboxylic acids is 1.